The molecule has 0 aliphatic heterocycles. The minimum Gasteiger partial charge on any atom is -0.338 e. The van der Waals surface area contributed by atoms with Crippen molar-refractivity contribution < 1.29 is 13.2 Å². The Morgan fingerprint density at radius 2 is 1.67 bits per heavy atom. The zero-order chi connectivity index (χ0) is 18.9. The van der Waals surface area contributed by atoms with Gasteiger partial charge in [0.1, 0.15) is 11.5 Å². The molecule has 9 heteroatoms. The maximum absolute atomic E-state index is 12.6. The van der Waals surface area contributed by atoms with Gasteiger partial charge in [0, 0.05) is 12.0 Å². The fourth-order valence-corrected chi connectivity index (χ4v) is 2.80. The first-order valence-corrected chi connectivity index (χ1v) is 8.04. The third-order valence-corrected chi connectivity index (χ3v) is 4.08. The molecule has 6 nitrogen and oxygen atoms in total. The zero-order valence-electron chi connectivity index (χ0n) is 13.8. The normalized spacial score (nSPS) is 11.7. The molecule has 2 aromatic carbocycles. The Bertz CT molecular complexity index is 1040. The van der Waals surface area contributed by atoms with Crippen LogP contribution in [0.3, 0.4) is 0 Å². The van der Waals surface area contributed by atoms with E-state index in [0.717, 1.165) is 28.5 Å². The average Bonchev–Trinajstić information content (AvgIpc) is 3.34. The van der Waals surface area contributed by atoms with Crippen LogP contribution in [0.5, 0.6) is 0 Å². The summed E-state index contributed by atoms with van der Waals surface area (Å²) in [4.78, 5) is 6.12. The van der Waals surface area contributed by atoms with Crippen LogP contribution in [0.2, 0.25) is 0 Å². The standard InChI is InChI=1S/C18H13F3N6/c19-18(20,21)15-10-22-16(23-15)9-11-5-7-12(8-6-11)13-3-1-2-4-14(13)17-24-26-27-25-17/h1-8,10H,9H2,(H,22,23)(H,24,25,26,27). The number of alkyl halides is 3. The molecular formula is C18H13F3N6. The molecule has 0 aliphatic carbocycles. The molecule has 4 aromatic rings. The second-order valence-electron chi connectivity index (χ2n) is 5.90. The number of nitrogens with zero attached hydrogens (tertiary/aromatic N) is 4. The van der Waals surface area contributed by atoms with Crippen LogP contribution in [0.1, 0.15) is 17.1 Å². The highest BCUT2D eigenvalue weighted by molar-refractivity contribution is 5.80. The van der Waals surface area contributed by atoms with Gasteiger partial charge in [-0.2, -0.15) is 18.4 Å². The Hall–Kier alpha value is -3.49. The summed E-state index contributed by atoms with van der Waals surface area (Å²) in [5.41, 5.74) is 2.71. The smallest absolute Gasteiger partial charge is 0.338 e. The fourth-order valence-electron chi connectivity index (χ4n) is 2.80. The van der Waals surface area contributed by atoms with Crippen LogP contribution < -0.4 is 0 Å². The molecule has 0 aliphatic rings. The number of imidazole rings is 1. The highest BCUT2D eigenvalue weighted by Gasteiger charge is 2.32. The van der Waals surface area contributed by atoms with Crippen LogP contribution in [0, 0.1) is 0 Å². The van der Waals surface area contributed by atoms with Crippen molar-refractivity contribution in [3.8, 4) is 22.5 Å². The third kappa shape index (κ3) is 3.57. The van der Waals surface area contributed by atoms with Crippen molar-refractivity contribution in [3.63, 3.8) is 0 Å². The molecule has 27 heavy (non-hydrogen) atoms. The van der Waals surface area contributed by atoms with Crippen molar-refractivity contribution in [2.45, 2.75) is 12.6 Å². The Labute approximate surface area is 151 Å². The largest absolute Gasteiger partial charge is 0.432 e. The molecule has 2 aromatic heterocycles. The van der Waals surface area contributed by atoms with Crippen LogP contribution in [0.25, 0.3) is 22.5 Å². The van der Waals surface area contributed by atoms with Gasteiger partial charge in [0.25, 0.3) is 0 Å². The summed E-state index contributed by atoms with van der Waals surface area (Å²) < 4.78 is 37.9. The summed E-state index contributed by atoms with van der Waals surface area (Å²) in [6.07, 6.45) is -3.33. The van der Waals surface area contributed by atoms with Gasteiger partial charge in [-0.15, -0.1) is 10.2 Å². The van der Waals surface area contributed by atoms with Crippen molar-refractivity contribution in [2.75, 3.05) is 0 Å². The molecule has 0 atom stereocenters. The quantitative estimate of drug-likeness (QED) is 0.571. The lowest BCUT2D eigenvalue weighted by atomic mass is 9.98. The van der Waals surface area contributed by atoms with Gasteiger partial charge < -0.3 is 4.98 Å². The van der Waals surface area contributed by atoms with Gasteiger partial charge in [0.2, 0.25) is 5.82 Å². The summed E-state index contributed by atoms with van der Waals surface area (Å²) in [5.74, 6) is 0.757. The highest BCUT2D eigenvalue weighted by atomic mass is 19.4. The number of aromatic nitrogens is 6. The van der Waals surface area contributed by atoms with E-state index in [1.807, 2.05) is 48.5 Å². The van der Waals surface area contributed by atoms with E-state index in [1.165, 1.54) is 0 Å². The number of aromatic amines is 2. The van der Waals surface area contributed by atoms with Gasteiger partial charge >= 0.3 is 6.18 Å². The lowest BCUT2D eigenvalue weighted by molar-refractivity contribution is -0.140. The maximum Gasteiger partial charge on any atom is 0.432 e. The van der Waals surface area contributed by atoms with Gasteiger partial charge in [0.05, 0.1) is 6.20 Å². The van der Waals surface area contributed by atoms with Gasteiger partial charge in [0.15, 0.2) is 0 Å². The number of hydrogen-bond acceptors (Lipinski definition) is 4. The summed E-state index contributed by atoms with van der Waals surface area (Å²) >= 11 is 0. The molecule has 136 valence electrons. The molecule has 0 fully saturated rings. The first kappa shape index (κ1) is 17.0. The minimum absolute atomic E-state index is 0.266. The minimum atomic E-state index is -4.42. The summed E-state index contributed by atoms with van der Waals surface area (Å²) in [6, 6.07) is 15.2. The monoisotopic (exact) mass is 370 g/mol. The molecular weight excluding hydrogens is 357 g/mol. The Morgan fingerprint density at radius 3 is 2.30 bits per heavy atom. The van der Waals surface area contributed by atoms with Crippen LogP contribution in [-0.4, -0.2) is 30.6 Å². The van der Waals surface area contributed by atoms with E-state index in [1.54, 1.807) is 0 Å². The first-order chi connectivity index (χ1) is 13.0. The van der Waals surface area contributed by atoms with E-state index in [2.05, 4.69) is 30.6 Å². The second-order valence-corrected chi connectivity index (χ2v) is 5.90. The molecule has 4 rings (SSSR count). The molecule has 0 unspecified atom stereocenters. The number of nitrogens with one attached hydrogen (secondary N) is 2. The molecule has 0 bridgehead atoms. The van der Waals surface area contributed by atoms with Crippen LogP contribution in [0.4, 0.5) is 13.2 Å². The van der Waals surface area contributed by atoms with E-state index >= 15 is 0 Å². The number of H-pyrrole nitrogens is 2. The summed E-state index contributed by atoms with van der Waals surface area (Å²) in [6.45, 7) is 0. The van der Waals surface area contributed by atoms with E-state index in [-0.39, 0.29) is 12.2 Å². The maximum atomic E-state index is 12.6. The van der Waals surface area contributed by atoms with Crippen molar-refractivity contribution in [1.82, 2.24) is 30.6 Å². The van der Waals surface area contributed by atoms with Crippen molar-refractivity contribution >= 4 is 0 Å². The Kier molecular flexibility index (Phi) is 4.19. The molecule has 0 saturated carbocycles. The predicted molar refractivity (Wildman–Crippen MR) is 91.4 cm³/mol. The lowest BCUT2D eigenvalue weighted by Gasteiger charge is -2.08. The van der Waals surface area contributed by atoms with Gasteiger partial charge in [-0.25, -0.2) is 4.98 Å². The van der Waals surface area contributed by atoms with Crippen molar-refractivity contribution in [2.24, 2.45) is 0 Å². The van der Waals surface area contributed by atoms with E-state index in [4.69, 9.17) is 0 Å². The Balaban J connectivity index is 1.58. The molecule has 0 radical (unpaired) electrons. The molecule has 2 N–H and O–H groups in total. The van der Waals surface area contributed by atoms with Gasteiger partial charge in [-0.3, -0.25) is 0 Å². The highest BCUT2D eigenvalue weighted by Crippen LogP contribution is 2.30. The Morgan fingerprint density at radius 1 is 0.926 bits per heavy atom. The number of hydrogen-bond donors (Lipinski definition) is 2. The zero-order valence-corrected chi connectivity index (χ0v) is 13.8. The van der Waals surface area contributed by atoms with E-state index in [0.29, 0.717) is 5.82 Å². The van der Waals surface area contributed by atoms with Crippen molar-refractivity contribution in [3.05, 3.63) is 71.8 Å². The second kappa shape index (κ2) is 6.67. The van der Waals surface area contributed by atoms with Crippen LogP contribution in [0.15, 0.2) is 54.7 Å². The SMILES string of the molecule is FC(F)(F)c1cnc(Cc2ccc(-c3ccccc3-c3nn[nH]n3)cc2)[nH]1. The average molecular weight is 370 g/mol. The predicted octanol–water partition coefficient (Wildman–Crippen LogP) is 3.87. The molecule has 0 saturated heterocycles. The number of benzene rings is 2. The molecule has 0 amide bonds. The van der Waals surface area contributed by atoms with E-state index in [9.17, 15) is 13.2 Å². The van der Waals surface area contributed by atoms with Gasteiger partial charge in [-0.05, 0) is 21.9 Å². The van der Waals surface area contributed by atoms with Gasteiger partial charge in [-0.1, -0.05) is 48.5 Å². The van der Waals surface area contributed by atoms with Crippen molar-refractivity contribution in [1.29, 1.82) is 0 Å². The van der Waals surface area contributed by atoms with E-state index < -0.39 is 11.9 Å². The number of tetrazole rings is 1. The lowest BCUT2D eigenvalue weighted by Crippen LogP contribution is -2.05. The summed E-state index contributed by atoms with van der Waals surface area (Å²) in [7, 11) is 0. The first-order valence-electron chi connectivity index (χ1n) is 8.04. The summed E-state index contributed by atoms with van der Waals surface area (Å²) in [5, 5.41) is 14.1. The fraction of sp³-hybridized carbons (Fsp3) is 0.111. The molecule has 0 spiro atoms. The third-order valence-electron chi connectivity index (χ3n) is 4.08. The van der Waals surface area contributed by atoms with Crippen LogP contribution >= 0.6 is 0 Å². The number of halogens is 3. The molecule has 2 heterocycles. The van der Waals surface area contributed by atoms with Crippen LogP contribution in [-0.2, 0) is 12.6 Å². The number of rotatable bonds is 4. The topological polar surface area (TPSA) is 83.1 Å².